The number of aryl methyl sites for hydroxylation is 1. The van der Waals surface area contributed by atoms with Gasteiger partial charge in [0.2, 0.25) is 5.95 Å². The first-order chi connectivity index (χ1) is 12.9. The Morgan fingerprint density at radius 1 is 1.22 bits per heavy atom. The Morgan fingerprint density at radius 2 is 1.93 bits per heavy atom. The maximum absolute atomic E-state index is 10.3. The van der Waals surface area contributed by atoms with Crippen LogP contribution in [0.4, 0.5) is 11.8 Å². The van der Waals surface area contributed by atoms with Crippen LogP contribution in [0, 0.1) is 0 Å². The summed E-state index contributed by atoms with van der Waals surface area (Å²) in [5.41, 5.74) is 1.09. The van der Waals surface area contributed by atoms with E-state index in [1.807, 2.05) is 32.8 Å². The van der Waals surface area contributed by atoms with Crippen LogP contribution in [0.5, 0.6) is 0 Å². The fraction of sp³-hybridized carbons (Fsp3) is 0.800. The van der Waals surface area contributed by atoms with Crippen molar-refractivity contribution in [3.05, 3.63) is 11.8 Å². The summed E-state index contributed by atoms with van der Waals surface area (Å²) in [7, 11) is 3.97. The predicted molar refractivity (Wildman–Crippen MR) is 109 cm³/mol. The van der Waals surface area contributed by atoms with E-state index < -0.39 is 0 Å². The summed E-state index contributed by atoms with van der Waals surface area (Å²) < 4.78 is 5.87. The van der Waals surface area contributed by atoms with Gasteiger partial charge in [-0.2, -0.15) is 4.98 Å². The molecular formula is C20H35N5O2. The van der Waals surface area contributed by atoms with E-state index in [9.17, 15) is 5.11 Å². The largest absolute Gasteiger partial charge is 0.389 e. The van der Waals surface area contributed by atoms with Gasteiger partial charge in [0.25, 0.3) is 0 Å². The molecule has 0 bridgehead atoms. The third-order valence-corrected chi connectivity index (χ3v) is 5.53. The Morgan fingerprint density at radius 3 is 2.52 bits per heavy atom. The normalized spacial score (nSPS) is 24.8. The van der Waals surface area contributed by atoms with Crippen molar-refractivity contribution in [2.75, 3.05) is 50.1 Å². The molecule has 152 valence electrons. The van der Waals surface area contributed by atoms with Crippen molar-refractivity contribution in [2.45, 2.75) is 64.4 Å². The zero-order valence-corrected chi connectivity index (χ0v) is 17.4. The fourth-order valence-corrected chi connectivity index (χ4v) is 4.04. The number of ether oxygens (including phenoxy) is 1. The van der Waals surface area contributed by atoms with E-state index in [0.29, 0.717) is 6.04 Å². The summed E-state index contributed by atoms with van der Waals surface area (Å²) in [6.07, 6.45) is 2.81. The van der Waals surface area contributed by atoms with E-state index in [-0.39, 0.29) is 18.3 Å². The van der Waals surface area contributed by atoms with E-state index in [2.05, 4.69) is 27.8 Å². The second-order valence-electron chi connectivity index (χ2n) is 8.23. The molecular weight excluding hydrogens is 342 g/mol. The number of piperidine rings is 1. The van der Waals surface area contributed by atoms with Crippen LogP contribution in [0.15, 0.2) is 6.07 Å². The molecule has 3 heterocycles. The van der Waals surface area contributed by atoms with Gasteiger partial charge in [0, 0.05) is 58.1 Å². The molecule has 2 aliphatic heterocycles. The molecule has 3 rings (SSSR count). The number of aliphatic hydroxyl groups excluding tert-OH is 1. The molecule has 1 N–H and O–H groups in total. The number of hydrogen-bond donors (Lipinski definition) is 1. The van der Waals surface area contributed by atoms with Gasteiger partial charge in [-0.15, -0.1) is 0 Å². The summed E-state index contributed by atoms with van der Waals surface area (Å²) in [5, 5.41) is 10.3. The van der Waals surface area contributed by atoms with E-state index in [4.69, 9.17) is 9.72 Å². The van der Waals surface area contributed by atoms with Gasteiger partial charge in [-0.25, -0.2) is 4.98 Å². The van der Waals surface area contributed by atoms with Gasteiger partial charge in [-0.05, 0) is 33.1 Å². The average molecular weight is 378 g/mol. The third kappa shape index (κ3) is 4.89. The molecule has 1 aromatic heterocycles. The lowest BCUT2D eigenvalue weighted by molar-refractivity contribution is -0.0399. The molecule has 1 aromatic rings. The molecule has 0 amide bonds. The van der Waals surface area contributed by atoms with Crippen molar-refractivity contribution in [3.8, 4) is 0 Å². The van der Waals surface area contributed by atoms with Crippen molar-refractivity contribution >= 4 is 11.8 Å². The second-order valence-corrected chi connectivity index (χ2v) is 8.23. The summed E-state index contributed by atoms with van der Waals surface area (Å²) in [6, 6.07) is 2.64. The smallest absolute Gasteiger partial charge is 0.227 e. The maximum Gasteiger partial charge on any atom is 0.227 e. The lowest BCUT2D eigenvalue weighted by Gasteiger charge is -2.37. The summed E-state index contributed by atoms with van der Waals surface area (Å²) in [5.74, 6) is 1.81. The lowest BCUT2D eigenvalue weighted by Crippen LogP contribution is -2.45. The van der Waals surface area contributed by atoms with Crippen LogP contribution in [-0.2, 0) is 11.2 Å². The van der Waals surface area contributed by atoms with Crippen LogP contribution in [0.1, 0.15) is 39.3 Å². The van der Waals surface area contributed by atoms with Gasteiger partial charge >= 0.3 is 0 Å². The Hall–Kier alpha value is -1.44. The van der Waals surface area contributed by atoms with E-state index in [1.54, 1.807) is 0 Å². The van der Waals surface area contributed by atoms with Crippen LogP contribution in [0.25, 0.3) is 0 Å². The maximum atomic E-state index is 10.3. The summed E-state index contributed by atoms with van der Waals surface area (Å²) in [6.45, 7) is 9.72. The minimum absolute atomic E-state index is 0.0559. The molecule has 0 radical (unpaired) electrons. The molecule has 27 heavy (non-hydrogen) atoms. The molecule has 0 aromatic carbocycles. The quantitative estimate of drug-likeness (QED) is 0.807. The molecule has 0 saturated carbocycles. The minimum atomic E-state index is -0.373. The van der Waals surface area contributed by atoms with Crippen LogP contribution in [0.2, 0.25) is 0 Å². The van der Waals surface area contributed by atoms with E-state index in [0.717, 1.165) is 62.9 Å². The third-order valence-electron chi connectivity index (χ3n) is 5.53. The number of aromatic nitrogens is 2. The molecule has 0 spiro atoms. The van der Waals surface area contributed by atoms with Crippen LogP contribution in [-0.4, -0.2) is 84.6 Å². The molecule has 2 aliphatic rings. The van der Waals surface area contributed by atoms with Gasteiger partial charge in [0.15, 0.2) is 0 Å². The highest BCUT2D eigenvalue weighted by Crippen LogP contribution is 2.26. The first-order valence-corrected chi connectivity index (χ1v) is 10.2. The van der Waals surface area contributed by atoms with Gasteiger partial charge in [0.1, 0.15) is 5.82 Å². The highest BCUT2D eigenvalue weighted by molar-refractivity contribution is 5.46. The average Bonchev–Trinajstić information content (AvgIpc) is 3.01. The minimum Gasteiger partial charge on any atom is -0.389 e. The molecule has 2 saturated heterocycles. The van der Waals surface area contributed by atoms with Crippen LogP contribution < -0.4 is 9.80 Å². The predicted octanol–water partition coefficient (Wildman–Crippen LogP) is 1.54. The number of β-amino-alcohol motifs (C(OH)–C–C–N with tert-alkyl or cyclic N) is 1. The number of hydrogen-bond acceptors (Lipinski definition) is 7. The molecule has 2 fully saturated rings. The highest BCUT2D eigenvalue weighted by atomic mass is 16.5. The van der Waals surface area contributed by atoms with E-state index in [1.165, 1.54) is 0 Å². The van der Waals surface area contributed by atoms with Crippen LogP contribution >= 0.6 is 0 Å². The fourth-order valence-electron chi connectivity index (χ4n) is 4.04. The van der Waals surface area contributed by atoms with Gasteiger partial charge in [-0.1, -0.05) is 6.92 Å². The van der Waals surface area contributed by atoms with Crippen molar-refractivity contribution in [2.24, 2.45) is 0 Å². The number of nitrogens with zero attached hydrogens (tertiary/aromatic N) is 5. The standard InChI is InChI=1S/C20H35N5O2/c1-6-15-11-19(22-20(21-15)23(4)5)24-9-7-16(8-10-24)25-12-17(26)18(13-25)27-14(2)3/h11,14,16-18,26H,6-10,12-13H2,1-5H3/t17-,18-/m1/s1. The molecule has 0 unspecified atom stereocenters. The van der Waals surface area contributed by atoms with Gasteiger partial charge in [0.05, 0.1) is 18.3 Å². The van der Waals surface area contributed by atoms with Crippen molar-refractivity contribution in [3.63, 3.8) is 0 Å². The SMILES string of the molecule is CCc1cc(N2CCC(N3C[C@@H](O)[C@H](OC(C)C)C3)CC2)nc(N(C)C)n1. The molecule has 2 atom stereocenters. The Labute approximate surface area is 163 Å². The first kappa shape index (κ1) is 20.3. The molecule has 7 heteroatoms. The van der Waals surface area contributed by atoms with Crippen LogP contribution in [0.3, 0.4) is 0 Å². The number of aliphatic hydroxyl groups is 1. The Balaban J connectivity index is 1.60. The Bertz CT molecular complexity index is 616. The Kier molecular flexibility index (Phi) is 6.55. The topological polar surface area (TPSA) is 65.0 Å². The van der Waals surface area contributed by atoms with Crippen molar-refractivity contribution < 1.29 is 9.84 Å². The summed E-state index contributed by atoms with van der Waals surface area (Å²) in [4.78, 5) is 16.1. The number of rotatable bonds is 6. The first-order valence-electron chi connectivity index (χ1n) is 10.2. The van der Waals surface area contributed by atoms with Gasteiger partial charge in [-0.3, -0.25) is 4.90 Å². The summed E-state index contributed by atoms with van der Waals surface area (Å²) >= 11 is 0. The van der Waals surface area contributed by atoms with Gasteiger partial charge < -0.3 is 19.6 Å². The molecule has 0 aliphatic carbocycles. The van der Waals surface area contributed by atoms with Crippen molar-refractivity contribution in [1.29, 1.82) is 0 Å². The van der Waals surface area contributed by atoms with E-state index >= 15 is 0 Å². The zero-order chi connectivity index (χ0) is 19.6. The number of likely N-dealkylation sites (tertiary alicyclic amines) is 1. The monoisotopic (exact) mass is 377 g/mol. The van der Waals surface area contributed by atoms with Crippen molar-refractivity contribution in [1.82, 2.24) is 14.9 Å². The zero-order valence-electron chi connectivity index (χ0n) is 17.4. The number of anilines is 2. The highest BCUT2D eigenvalue weighted by Gasteiger charge is 2.37. The lowest BCUT2D eigenvalue weighted by atomic mass is 10.0. The second kappa shape index (κ2) is 8.71. The molecule has 7 nitrogen and oxygen atoms in total.